The highest BCUT2D eigenvalue weighted by molar-refractivity contribution is 5.63. The summed E-state index contributed by atoms with van der Waals surface area (Å²) in [6.07, 6.45) is 0. The fraction of sp³-hybridized carbons (Fsp3) is 0.0769. The molecule has 1 unspecified atom stereocenters. The fourth-order valence-corrected chi connectivity index (χ4v) is 2.98. The number of hydrogen-bond acceptors (Lipinski definition) is 2. The molecule has 0 radical (unpaired) electrons. The zero-order valence-electron chi connectivity index (χ0n) is 15.9. The molecule has 0 heterocycles. The van der Waals surface area contributed by atoms with Gasteiger partial charge < -0.3 is 10.2 Å². The number of hydrogen-bond donors (Lipinski definition) is 2. The van der Waals surface area contributed by atoms with Crippen LogP contribution in [0.4, 0.5) is 0 Å². The Bertz CT molecular complexity index is 960. The molecule has 140 valence electrons. The Morgan fingerprint density at radius 1 is 0.464 bits per heavy atom. The van der Waals surface area contributed by atoms with Gasteiger partial charge in [0.1, 0.15) is 11.5 Å². The van der Waals surface area contributed by atoms with Crippen LogP contribution in [0.2, 0.25) is 0 Å². The van der Waals surface area contributed by atoms with Gasteiger partial charge >= 0.3 is 0 Å². The van der Waals surface area contributed by atoms with E-state index in [2.05, 4.69) is 19.1 Å². The SMILES string of the molecule is CC(c1ccccc1)c1ccc(O)cc1.Oc1ccc(-c2ccccc2)cc1. The quantitative estimate of drug-likeness (QED) is 0.427. The van der Waals surface area contributed by atoms with Gasteiger partial charge in [-0.3, -0.25) is 0 Å². The van der Waals surface area contributed by atoms with Gasteiger partial charge in [0.05, 0.1) is 0 Å². The lowest BCUT2D eigenvalue weighted by Gasteiger charge is -2.12. The topological polar surface area (TPSA) is 40.5 Å². The van der Waals surface area contributed by atoms with E-state index in [1.807, 2.05) is 72.8 Å². The van der Waals surface area contributed by atoms with E-state index in [0.29, 0.717) is 17.4 Å². The van der Waals surface area contributed by atoms with Crippen LogP contribution in [-0.2, 0) is 0 Å². The van der Waals surface area contributed by atoms with Crippen molar-refractivity contribution in [3.8, 4) is 22.6 Å². The Morgan fingerprint density at radius 2 is 0.857 bits per heavy atom. The average molecular weight is 368 g/mol. The minimum atomic E-state index is 0.305. The van der Waals surface area contributed by atoms with Gasteiger partial charge in [0.15, 0.2) is 0 Å². The molecule has 1 atom stereocenters. The largest absolute Gasteiger partial charge is 0.508 e. The van der Waals surface area contributed by atoms with Gasteiger partial charge in [-0.05, 0) is 46.5 Å². The van der Waals surface area contributed by atoms with Crippen molar-refractivity contribution in [2.24, 2.45) is 0 Å². The first-order chi connectivity index (χ1) is 13.6. The summed E-state index contributed by atoms with van der Waals surface area (Å²) in [5, 5.41) is 18.3. The second-order valence-electron chi connectivity index (χ2n) is 6.64. The molecule has 0 aliphatic carbocycles. The van der Waals surface area contributed by atoms with Crippen LogP contribution in [0.5, 0.6) is 11.5 Å². The van der Waals surface area contributed by atoms with Crippen molar-refractivity contribution in [1.82, 2.24) is 0 Å². The van der Waals surface area contributed by atoms with Crippen LogP contribution in [0.1, 0.15) is 24.0 Å². The van der Waals surface area contributed by atoms with Crippen molar-refractivity contribution in [3.63, 3.8) is 0 Å². The minimum absolute atomic E-state index is 0.305. The van der Waals surface area contributed by atoms with Crippen molar-refractivity contribution in [3.05, 3.63) is 120 Å². The Kier molecular flexibility index (Phi) is 6.48. The van der Waals surface area contributed by atoms with Gasteiger partial charge in [0, 0.05) is 5.92 Å². The van der Waals surface area contributed by atoms with E-state index < -0.39 is 0 Å². The molecule has 0 saturated heterocycles. The molecule has 0 saturated carbocycles. The van der Waals surface area contributed by atoms with E-state index in [0.717, 1.165) is 5.56 Å². The van der Waals surface area contributed by atoms with E-state index in [1.165, 1.54) is 16.7 Å². The second-order valence-corrected chi connectivity index (χ2v) is 6.64. The molecule has 2 nitrogen and oxygen atoms in total. The molecular weight excluding hydrogens is 344 g/mol. The molecule has 2 N–H and O–H groups in total. The van der Waals surface area contributed by atoms with Crippen molar-refractivity contribution < 1.29 is 10.2 Å². The first-order valence-corrected chi connectivity index (χ1v) is 9.32. The van der Waals surface area contributed by atoms with Crippen molar-refractivity contribution in [2.75, 3.05) is 0 Å². The fourth-order valence-electron chi connectivity index (χ4n) is 2.98. The van der Waals surface area contributed by atoms with E-state index in [9.17, 15) is 5.11 Å². The molecular formula is C26H24O2. The number of rotatable bonds is 3. The number of benzene rings is 4. The lowest BCUT2D eigenvalue weighted by molar-refractivity contribution is 0.474. The first-order valence-electron chi connectivity index (χ1n) is 9.32. The van der Waals surface area contributed by atoms with Gasteiger partial charge in [0.2, 0.25) is 0 Å². The minimum Gasteiger partial charge on any atom is -0.508 e. The summed E-state index contributed by atoms with van der Waals surface area (Å²) in [6.45, 7) is 2.17. The third-order valence-corrected chi connectivity index (χ3v) is 4.67. The van der Waals surface area contributed by atoms with Crippen LogP contribution >= 0.6 is 0 Å². The van der Waals surface area contributed by atoms with Gasteiger partial charge in [-0.1, -0.05) is 91.9 Å². The molecule has 0 amide bonds. The van der Waals surface area contributed by atoms with Crippen LogP contribution in [0.3, 0.4) is 0 Å². The third-order valence-electron chi connectivity index (χ3n) is 4.67. The maximum Gasteiger partial charge on any atom is 0.115 e. The van der Waals surface area contributed by atoms with Crippen LogP contribution < -0.4 is 0 Å². The number of phenolic OH excluding ortho intramolecular Hbond substituents is 2. The monoisotopic (exact) mass is 368 g/mol. The van der Waals surface area contributed by atoms with Crippen LogP contribution in [0, 0.1) is 0 Å². The molecule has 0 spiro atoms. The second kappa shape index (κ2) is 9.43. The molecule has 28 heavy (non-hydrogen) atoms. The molecule has 0 aromatic heterocycles. The predicted octanol–water partition coefficient (Wildman–Crippen LogP) is 6.60. The Labute approximate surface area is 166 Å². The lowest BCUT2D eigenvalue weighted by atomic mass is 9.93. The zero-order chi connectivity index (χ0) is 19.8. The molecule has 0 aliphatic heterocycles. The summed E-state index contributed by atoms with van der Waals surface area (Å²) in [7, 11) is 0. The van der Waals surface area contributed by atoms with Crippen molar-refractivity contribution in [2.45, 2.75) is 12.8 Å². The van der Waals surface area contributed by atoms with Gasteiger partial charge in [-0.15, -0.1) is 0 Å². The summed E-state index contributed by atoms with van der Waals surface area (Å²) in [5.74, 6) is 0.991. The average Bonchev–Trinajstić information content (AvgIpc) is 2.76. The smallest absolute Gasteiger partial charge is 0.115 e. The van der Waals surface area contributed by atoms with E-state index in [-0.39, 0.29) is 0 Å². The van der Waals surface area contributed by atoms with Crippen molar-refractivity contribution in [1.29, 1.82) is 0 Å². The van der Waals surface area contributed by atoms with E-state index in [1.54, 1.807) is 24.3 Å². The highest BCUT2D eigenvalue weighted by Crippen LogP contribution is 2.25. The first kappa shape index (κ1) is 19.2. The van der Waals surface area contributed by atoms with Gasteiger partial charge in [-0.2, -0.15) is 0 Å². The maximum absolute atomic E-state index is 9.21. The maximum atomic E-state index is 9.21. The number of phenols is 2. The lowest BCUT2D eigenvalue weighted by Crippen LogP contribution is -1.94. The summed E-state index contributed by atoms with van der Waals surface area (Å²) in [5.41, 5.74) is 4.81. The van der Waals surface area contributed by atoms with E-state index in [4.69, 9.17) is 5.11 Å². The highest BCUT2D eigenvalue weighted by atomic mass is 16.3. The molecule has 0 aliphatic rings. The molecule has 4 aromatic rings. The Morgan fingerprint density at radius 3 is 1.39 bits per heavy atom. The highest BCUT2D eigenvalue weighted by Gasteiger charge is 2.06. The van der Waals surface area contributed by atoms with Crippen LogP contribution in [-0.4, -0.2) is 10.2 Å². The van der Waals surface area contributed by atoms with E-state index >= 15 is 0 Å². The van der Waals surface area contributed by atoms with Crippen LogP contribution in [0.15, 0.2) is 109 Å². The molecule has 4 rings (SSSR count). The molecule has 4 aromatic carbocycles. The normalized spacial score (nSPS) is 11.2. The van der Waals surface area contributed by atoms with Gasteiger partial charge in [0.25, 0.3) is 0 Å². The van der Waals surface area contributed by atoms with Crippen LogP contribution in [0.25, 0.3) is 11.1 Å². The summed E-state index contributed by atoms with van der Waals surface area (Å²) < 4.78 is 0. The standard InChI is InChI=1S/C14H14O.C12H10O/c1-11(12-5-3-2-4-6-12)13-7-9-14(15)10-8-13;13-12-8-6-11(7-9-12)10-4-2-1-3-5-10/h2-11,15H,1H3;1-9,13H. The summed E-state index contributed by atoms with van der Waals surface area (Å²) >= 11 is 0. The summed E-state index contributed by atoms with van der Waals surface area (Å²) in [6, 6.07) is 35.1. The predicted molar refractivity (Wildman–Crippen MR) is 116 cm³/mol. The van der Waals surface area contributed by atoms with Crippen molar-refractivity contribution >= 4 is 0 Å². The molecule has 2 heteroatoms. The Balaban J connectivity index is 0.000000162. The third kappa shape index (κ3) is 5.24. The Hall–Kier alpha value is -3.52. The molecule has 0 fully saturated rings. The zero-order valence-corrected chi connectivity index (χ0v) is 15.9. The number of aromatic hydroxyl groups is 2. The van der Waals surface area contributed by atoms with Gasteiger partial charge in [-0.25, -0.2) is 0 Å². The molecule has 0 bridgehead atoms. The summed E-state index contributed by atoms with van der Waals surface area (Å²) in [4.78, 5) is 0.